The fourth-order valence-electron chi connectivity index (χ4n) is 1.45. The Balaban J connectivity index is 2.50. The molecule has 70 valence electrons. The summed E-state index contributed by atoms with van der Waals surface area (Å²) in [6.45, 7) is 0. The van der Waals surface area contributed by atoms with Gasteiger partial charge in [-0.2, -0.15) is 5.10 Å². The van der Waals surface area contributed by atoms with Crippen LogP contribution in [0.15, 0.2) is 0 Å². The van der Waals surface area contributed by atoms with Gasteiger partial charge in [0.2, 0.25) is 0 Å². The summed E-state index contributed by atoms with van der Waals surface area (Å²) in [7, 11) is 1.81. The maximum atomic E-state index is 10.7. The van der Waals surface area contributed by atoms with Gasteiger partial charge in [-0.3, -0.25) is 4.68 Å². The van der Waals surface area contributed by atoms with Crippen molar-refractivity contribution >= 4 is 28.6 Å². The number of halogens is 1. The van der Waals surface area contributed by atoms with Crippen LogP contribution in [0.3, 0.4) is 0 Å². The minimum absolute atomic E-state index is 0.185. The number of carboxylic acids is 1. The van der Waals surface area contributed by atoms with Gasteiger partial charge in [0.25, 0.3) is 0 Å². The maximum Gasteiger partial charge on any atom is 0.357 e. The van der Waals surface area contributed by atoms with Crippen LogP contribution in [0.4, 0.5) is 0 Å². The van der Waals surface area contributed by atoms with E-state index in [4.69, 9.17) is 5.11 Å². The van der Waals surface area contributed by atoms with E-state index in [1.807, 2.05) is 7.05 Å². The second-order valence-electron chi connectivity index (χ2n) is 3.25. The average Bonchev–Trinajstić information content (AvgIpc) is 2.80. The molecule has 2 rings (SSSR count). The van der Waals surface area contributed by atoms with Crippen LogP contribution in [0.25, 0.3) is 0 Å². The molecule has 1 heterocycles. The molecule has 0 aromatic carbocycles. The molecule has 1 aliphatic rings. The molecule has 0 spiro atoms. The van der Waals surface area contributed by atoms with E-state index in [0.717, 1.165) is 22.1 Å². The number of aromatic carboxylic acids is 1. The Kier molecular flexibility index (Phi) is 2.05. The van der Waals surface area contributed by atoms with Gasteiger partial charge in [-0.25, -0.2) is 4.79 Å². The molecule has 0 amide bonds. The van der Waals surface area contributed by atoms with Gasteiger partial charge in [-0.15, -0.1) is 0 Å². The van der Waals surface area contributed by atoms with Gasteiger partial charge in [0.05, 0.1) is 9.26 Å². The Bertz CT molecular complexity index is 368. The lowest BCUT2D eigenvalue weighted by atomic mass is 10.2. The van der Waals surface area contributed by atoms with Crippen LogP contribution in [-0.4, -0.2) is 20.9 Å². The molecule has 13 heavy (non-hydrogen) atoms. The van der Waals surface area contributed by atoms with Gasteiger partial charge in [0, 0.05) is 13.0 Å². The lowest BCUT2D eigenvalue weighted by molar-refractivity contribution is 0.0688. The normalized spacial score (nSPS) is 16.2. The number of aryl methyl sites for hydroxylation is 1. The molecule has 1 aromatic rings. The van der Waals surface area contributed by atoms with Crippen molar-refractivity contribution in [1.82, 2.24) is 9.78 Å². The predicted octanol–water partition coefficient (Wildman–Crippen LogP) is 1.60. The first-order valence-corrected chi connectivity index (χ1v) is 5.15. The topological polar surface area (TPSA) is 55.1 Å². The molecule has 0 bridgehead atoms. The first-order chi connectivity index (χ1) is 6.11. The summed E-state index contributed by atoms with van der Waals surface area (Å²) in [6, 6.07) is 0. The third kappa shape index (κ3) is 1.45. The van der Waals surface area contributed by atoms with E-state index in [0.29, 0.717) is 5.92 Å². The minimum atomic E-state index is -0.938. The van der Waals surface area contributed by atoms with E-state index in [1.165, 1.54) is 0 Å². The molecule has 4 nitrogen and oxygen atoms in total. The standard InChI is InChI=1S/C8H9IN2O2/c1-11-7(4-2-3-4)5(9)6(10-11)8(12)13/h4H,2-3H2,1H3,(H,12,13). The second kappa shape index (κ2) is 2.97. The smallest absolute Gasteiger partial charge is 0.357 e. The van der Waals surface area contributed by atoms with Crippen LogP contribution >= 0.6 is 22.6 Å². The molecule has 0 saturated heterocycles. The molecule has 0 atom stereocenters. The summed E-state index contributed by atoms with van der Waals surface area (Å²) in [5, 5.41) is 12.8. The van der Waals surface area contributed by atoms with Gasteiger partial charge in [-0.05, 0) is 35.4 Å². The van der Waals surface area contributed by atoms with Crippen molar-refractivity contribution in [2.75, 3.05) is 0 Å². The first kappa shape index (κ1) is 8.98. The van der Waals surface area contributed by atoms with Crippen molar-refractivity contribution in [2.24, 2.45) is 7.05 Å². The zero-order chi connectivity index (χ0) is 9.59. The van der Waals surface area contributed by atoms with Crippen molar-refractivity contribution in [3.05, 3.63) is 15.0 Å². The van der Waals surface area contributed by atoms with Crippen molar-refractivity contribution in [3.8, 4) is 0 Å². The Morgan fingerprint density at radius 1 is 1.69 bits per heavy atom. The molecule has 0 unspecified atom stereocenters. The highest BCUT2D eigenvalue weighted by Crippen LogP contribution is 2.42. The van der Waals surface area contributed by atoms with Gasteiger partial charge >= 0.3 is 5.97 Å². The zero-order valence-electron chi connectivity index (χ0n) is 7.12. The van der Waals surface area contributed by atoms with Crippen molar-refractivity contribution in [2.45, 2.75) is 18.8 Å². The first-order valence-electron chi connectivity index (χ1n) is 4.07. The Morgan fingerprint density at radius 2 is 2.31 bits per heavy atom. The second-order valence-corrected chi connectivity index (χ2v) is 4.33. The Labute approximate surface area is 89.1 Å². The van der Waals surface area contributed by atoms with Crippen LogP contribution in [0, 0.1) is 3.57 Å². The average molecular weight is 292 g/mol. The number of aromatic nitrogens is 2. The van der Waals surface area contributed by atoms with E-state index in [-0.39, 0.29) is 5.69 Å². The number of nitrogens with zero attached hydrogens (tertiary/aromatic N) is 2. The van der Waals surface area contributed by atoms with Gasteiger partial charge in [-0.1, -0.05) is 0 Å². The molecule has 1 N–H and O–H groups in total. The summed E-state index contributed by atoms with van der Waals surface area (Å²) in [5.41, 5.74) is 1.27. The van der Waals surface area contributed by atoms with E-state index >= 15 is 0 Å². The van der Waals surface area contributed by atoms with Gasteiger partial charge in [0.15, 0.2) is 5.69 Å². The fourth-order valence-corrected chi connectivity index (χ4v) is 2.58. The highest BCUT2D eigenvalue weighted by Gasteiger charge is 2.32. The highest BCUT2D eigenvalue weighted by atomic mass is 127. The third-order valence-electron chi connectivity index (χ3n) is 2.20. The zero-order valence-corrected chi connectivity index (χ0v) is 9.28. The van der Waals surface area contributed by atoms with Crippen LogP contribution < -0.4 is 0 Å². The number of rotatable bonds is 2. The van der Waals surface area contributed by atoms with E-state index in [1.54, 1.807) is 4.68 Å². The van der Waals surface area contributed by atoms with Crippen molar-refractivity contribution in [3.63, 3.8) is 0 Å². The van der Waals surface area contributed by atoms with Crippen LogP contribution in [0.2, 0.25) is 0 Å². The summed E-state index contributed by atoms with van der Waals surface area (Å²) in [5.74, 6) is -0.399. The summed E-state index contributed by atoms with van der Waals surface area (Å²) >= 11 is 2.07. The molecule has 0 radical (unpaired) electrons. The van der Waals surface area contributed by atoms with Crippen molar-refractivity contribution in [1.29, 1.82) is 0 Å². The maximum absolute atomic E-state index is 10.7. The Hall–Kier alpha value is -0.590. The molecule has 5 heteroatoms. The Morgan fingerprint density at radius 3 is 2.69 bits per heavy atom. The molecular weight excluding hydrogens is 283 g/mol. The van der Waals surface area contributed by atoms with Gasteiger partial charge < -0.3 is 5.11 Å². The fraction of sp³-hybridized carbons (Fsp3) is 0.500. The minimum Gasteiger partial charge on any atom is -0.476 e. The number of hydrogen-bond donors (Lipinski definition) is 1. The van der Waals surface area contributed by atoms with Crippen LogP contribution in [0.5, 0.6) is 0 Å². The lowest BCUT2D eigenvalue weighted by Gasteiger charge is -1.97. The highest BCUT2D eigenvalue weighted by molar-refractivity contribution is 14.1. The third-order valence-corrected chi connectivity index (χ3v) is 3.26. The van der Waals surface area contributed by atoms with Crippen molar-refractivity contribution < 1.29 is 9.90 Å². The molecule has 1 fully saturated rings. The van der Waals surface area contributed by atoms with E-state index < -0.39 is 5.97 Å². The van der Waals surface area contributed by atoms with E-state index in [2.05, 4.69) is 27.7 Å². The summed E-state index contributed by atoms with van der Waals surface area (Å²) in [6.07, 6.45) is 2.32. The molecular formula is C8H9IN2O2. The molecule has 1 aliphatic carbocycles. The summed E-state index contributed by atoms with van der Waals surface area (Å²) in [4.78, 5) is 10.7. The monoisotopic (exact) mass is 292 g/mol. The molecule has 1 aromatic heterocycles. The molecule has 1 saturated carbocycles. The van der Waals surface area contributed by atoms with Crippen LogP contribution in [0.1, 0.15) is 34.9 Å². The number of carbonyl (C=O) groups is 1. The lowest BCUT2D eigenvalue weighted by Crippen LogP contribution is -2.00. The van der Waals surface area contributed by atoms with E-state index in [9.17, 15) is 4.79 Å². The predicted molar refractivity (Wildman–Crippen MR) is 54.9 cm³/mol. The largest absolute Gasteiger partial charge is 0.476 e. The quantitative estimate of drug-likeness (QED) is 0.842. The number of carboxylic acid groups (broad SMARTS) is 1. The summed E-state index contributed by atoms with van der Waals surface area (Å²) < 4.78 is 2.50. The number of hydrogen-bond acceptors (Lipinski definition) is 2. The SMILES string of the molecule is Cn1nc(C(=O)O)c(I)c1C1CC1. The molecule has 0 aliphatic heterocycles. The van der Waals surface area contributed by atoms with Crippen LogP contribution in [-0.2, 0) is 7.05 Å². The van der Waals surface area contributed by atoms with Gasteiger partial charge in [0.1, 0.15) is 0 Å².